The van der Waals surface area contributed by atoms with Gasteiger partial charge in [0.05, 0.1) is 0 Å². The van der Waals surface area contributed by atoms with Crippen LogP contribution in [0.5, 0.6) is 5.75 Å². The van der Waals surface area contributed by atoms with Crippen molar-refractivity contribution in [2.24, 2.45) is 5.92 Å². The molecule has 1 N–H and O–H groups in total. The van der Waals surface area contributed by atoms with Crippen LogP contribution in [-0.4, -0.2) is 85.0 Å². The van der Waals surface area contributed by atoms with Gasteiger partial charge in [-0.3, -0.25) is 14.5 Å². The number of hydrogen-bond acceptors (Lipinski definition) is 5. The predicted octanol–water partition coefficient (Wildman–Crippen LogP) is 2.79. The molecule has 2 saturated heterocycles. The Bertz CT molecular complexity index is 1040. The second-order valence-electron chi connectivity index (χ2n) is 9.90. The van der Waals surface area contributed by atoms with E-state index < -0.39 is 5.54 Å². The molecule has 0 aliphatic carbocycles. The summed E-state index contributed by atoms with van der Waals surface area (Å²) in [4.78, 5) is 44.6. The third-order valence-electron chi connectivity index (χ3n) is 7.27. The average Bonchev–Trinajstić information content (AvgIpc) is 3.15. The molecule has 4 amide bonds. The normalized spacial score (nSPS) is 20.6. The molecule has 2 aliphatic rings. The van der Waals surface area contributed by atoms with Gasteiger partial charge in [0.25, 0.3) is 11.8 Å². The lowest BCUT2D eigenvalue weighted by Gasteiger charge is -2.41. The Morgan fingerprint density at radius 1 is 1.03 bits per heavy atom. The Morgan fingerprint density at radius 2 is 1.67 bits per heavy atom. The number of aryl methyl sites for hydroxylation is 1. The highest BCUT2D eigenvalue weighted by Gasteiger charge is 2.55. The minimum Gasteiger partial charge on any atom is -0.484 e. The van der Waals surface area contributed by atoms with Gasteiger partial charge in [-0.1, -0.05) is 48.5 Å². The molecule has 4 rings (SSSR count). The molecule has 8 nitrogen and oxygen atoms in total. The molecule has 0 aromatic heterocycles. The summed E-state index contributed by atoms with van der Waals surface area (Å²) in [5.74, 6) is 0.422. The first-order chi connectivity index (χ1) is 17.4. The van der Waals surface area contributed by atoms with Gasteiger partial charge < -0.3 is 19.9 Å². The number of hydrogen-bond donors (Lipinski definition) is 1. The summed E-state index contributed by atoms with van der Waals surface area (Å²) < 4.78 is 5.63. The lowest BCUT2D eigenvalue weighted by Crippen LogP contribution is -2.57. The lowest BCUT2D eigenvalue weighted by molar-refractivity contribution is -0.137. The number of likely N-dealkylation sites (N-methyl/N-ethyl adjacent to an activating group) is 1. The van der Waals surface area contributed by atoms with Crippen LogP contribution < -0.4 is 10.1 Å². The van der Waals surface area contributed by atoms with Gasteiger partial charge in [-0.25, -0.2) is 4.79 Å². The van der Waals surface area contributed by atoms with Crippen LogP contribution in [0, 0.1) is 5.92 Å². The highest BCUT2D eigenvalue weighted by molar-refractivity contribution is 6.07. The molecule has 2 aromatic rings. The smallest absolute Gasteiger partial charge is 0.325 e. The summed E-state index contributed by atoms with van der Waals surface area (Å²) in [7, 11) is 3.85. The number of piperidine rings is 1. The quantitative estimate of drug-likeness (QED) is 0.516. The van der Waals surface area contributed by atoms with Gasteiger partial charge in [0, 0.05) is 26.2 Å². The van der Waals surface area contributed by atoms with Crippen molar-refractivity contribution in [3.8, 4) is 5.75 Å². The minimum atomic E-state index is -0.949. The fourth-order valence-electron chi connectivity index (χ4n) is 5.16. The van der Waals surface area contributed by atoms with Gasteiger partial charge in [0.2, 0.25) is 0 Å². The van der Waals surface area contributed by atoms with Crippen LogP contribution in [0.2, 0.25) is 0 Å². The van der Waals surface area contributed by atoms with Crippen molar-refractivity contribution in [2.75, 3.05) is 46.9 Å². The Labute approximate surface area is 213 Å². The molecule has 0 unspecified atom stereocenters. The average molecular weight is 493 g/mol. The van der Waals surface area contributed by atoms with Crippen molar-refractivity contribution in [1.29, 1.82) is 0 Å². The highest BCUT2D eigenvalue weighted by atomic mass is 16.5. The highest BCUT2D eigenvalue weighted by Crippen LogP contribution is 2.37. The van der Waals surface area contributed by atoms with Crippen LogP contribution in [0.25, 0.3) is 0 Å². The largest absolute Gasteiger partial charge is 0.484 e. The van der Waals surface area contributed by atoms with Crippen LogP contribution >= 0.6 is 0 Å². The third kappa shape index (κ3) is 5.87. The van der Waals surface area contributed by atoms with Crippen LogP contribution in [0.3, 0.4) is 0 Å². The maximum absolute atomic E-state index is 13.8. The van der Waals surface area contributed by atoms with E-state index in [0.29, 0.717) is 57.6 Å². The van der Waals surface area contributed by atoms with Crippen molar-refractivity contribution in [3.63, 3.8) is 0 Å². The molecule has 0 saturated carbocycles. The first-order valence-electron chi connectivity index (χ1n) is 12.7. The van der Waals surface area contributed by atoms with Crippen molar-refractivity contribution >= 4 is 17.8 Å². The lowest BCUT2D eigenvalue weighted by atomic mass is 9.74. The number of para-hydroxylation sites is 1. The molecule has 192 valence electrons. The topological polar surface area (TPSA) is 82.2 Å². The van der Waals surface area contributed by atoms with Crippen LogP contribution in [0.4, 0.5) is 4.79 Å². The Morgan fingerprint density at radius 3 is 2.31 bits per heavy atom. The summed E-state index contributed by atoms with van der Waals surface area (Å²) in [6, 6.07) is 19.0. The molecule has 2 aromatic carbocycles. The molecule has 0 bridgehead atoms. The Hall–Kier alpha value is -3.39. The van der Waals surface area contributed by atoms with Gasteiger partial charge >= 0.3 is 6.03 Å². The molecule has 2 fully saturated rings. The number of carbonyl (C=O) groups excluding carboxylic acids is 3. The van der Waals surface area contributed by atoms with Crippen molar-refractivity contribution < 1.29 is 19.1 Å². The number of likely N-dealkylation sites (tertiary alicyclic amines) is 1. The molecule has 0 spiro atoms. The van der Waals surface area contributed by atoms with Gasteiger partial charge in [0.1, 0.15) is 11.3 Å². The zero-order valence-corrected chi connectivity index (χ0v) is 21.2. The van der Waals surface area contributed by atoms with Gasteiger partial charge in [-0.05, 0) is 63.4 Å². The number of imide groups is 1. The minimum absolute atomic E-state index is 0.0121. The number of urea groups is 1. The summed E-state index contributed by atoms with van der Waals surface area (Å²) in [5, 5.41) is 3.11. The second kappa shape index (κ2) is 11.6. The summed E-state index contributed by atoms with van der Waals surface area (Å²) in [6.45, 7) is 2.04. The summed E-state index contributed by atoms with van der Waals surface area (Å²) in [5.41, 5.74) is 0.186. The Kier molecular flexibility index (Phi) is 8.25. The second-order valence-corrected chi connectivity index (χ2v) is 9.90. The number of nitrogens with one attached hydrogen (secondary N) is 1. The standard InChI is InChI=1S/C28H36N4O4/c1-30(2)19-20-32-26(34)28(29-27(32)35,16-13-22-9-5-3-6-10-22)23-14-17-31(18-15-23)25(33)21-36-24-11-7-4-8-12-24/h3-12,23H,13-21H2,1-2H3,(H,29,35)/t28-/m1/s1. The summed E-state index contributed by atoms with van der Waals surface area (Å²) >= 11 is 0. The molecule has 8 heteroatoms. The van der Waals surface area contributed by atoms with E-state index in [4.69, 9.17) is 4.74 Å². The first-order valence-corrected chi connectivity index (χ1v) is 12.7. The fraction of sp³-hybridized carbons (Fsp3) is 0.464. The van der Waals surface area contributed by atoms with Gasteiger partial charge in [-0.2, -0.15) is 0 Å². The molecular formula is C28H36N4O4. The molecular weight excluding hydrogens is 456 g/mol. The zero-order chi connectivity index (χ0) is 25.5. The number of carbonyl (C=O) groups is 3. The van der Waals surface area contributed by atoms with E-state index in [-0.39, 0.29) is 30.4 Å². The Balaban J connectivity index is 1.43. The fourth-order valence-corrected chi connectivity index (χ4v) is 5.16. The molecule has 1 atom stereocenters. The van der Waals surface area contributed by atoms with E-state index in [1.807, 2.05) is 79.7 Å². The number of nitrogens with zero attached hydrogens (tertiary/aromatic N) is 3. The number of benzene rings is 2. The molecule has 36 heavy (non-hydrogen) atoms. The maximum atomic E-state index is 13.8. The molecule has 2 aliphatic heterocycles. The predicted molar refractivity (Wildman–Crippen MR) is 138 cm³/mol. The van der Waals surface area contributed by atoms with Gasteiger partial charge in [0.15, 0.2) is 6.61 Å². The van der Waals surface area contributed by atoms with Crippen LogP contribution in [-0.2, 0) is 16.0 Å². The van der Waals surface area contributed by atoms with Crippen molar-refractivity contribution in [2.45, 2.75) is 31.2 Å². The third-order valence-corrected chi connectivity index (χ3v) is 7.27. The van der Waals surface area contributed by atoms with Gasteiger partial charge in [-0.15, -0.1) is 0 Å². The maximum Gasteiger partial charge on any atom is 0.325 e. The zero-order valence-electron chi connectivity index (χ0n) is 21.2. The first kappa shape index (κ1) is 25.7. The number of ether oxygens (including phenoxy) is 1. The SMILES string of the molecule is CN(C)CCN1C(=O)N[C@](CCc2ccccc2)(C2CCN(C(=O)COc3ccccc3)CC2)C1=O. The van der Waals surface area contributed by atoms with E-state index in [1.54, 1.807) is 4.90 Å². The van der Waals surface area contributed by atoms with E-state index in [1.165, 1.54) is 4.90 Å². The van der Waals surface area contributed by atoms with E-state index in [2.05, 4.69) is 5.32 Å². The summed E-state index contributed by atoms with van der Waals surface area (Å²) in [6.07, 6.45) is 2.53. The monoisotopic (exact) mass is 492 g/mol. The van der Waals surface area contributed by atoms with E-state index in [0.717, 1.165) is 5.56 Å². The number of rotatable bonds is 10. The van der Waals surface area contributed by atoms with Crippen molar-refractivity contribution in [1.82, 2.24) is 20.0 Å². The molecule has 2 heterocycles. The van der Waals surface area contributed by atoms with Crippen LogP contribution in [0.1, 0.15) is 24.8 Å². The van der Waals surface area contributed by atoms with E-state index in [9.17, 15) is 14.4 Å². The van der Waals surface area contributed by atoms with E-state index >= 15 is 0 Å². The molecule has 0 radical (unpaired) electrons. The van der Waals surface area contributed by atoms with Crippen molar-refractivity contribution in [3.05, 3.63) is 66.2 Å². The number of amides is 4. The van der Waals surface area contributed by atoms with Crippen LogP contribution in [0.15, 0.2) is 60.7 Å².